The Morgan fingerprint density at radius 2 is 2.00 bits per heavy atom. The van der Waals surface area contributed by atoms with Crippen LogP contribution in [0.25, 0.3) is 0 Å². The zero-order valence-corrected chi connectivity index (χ0v) is 14.4. The number of carbonyl (C=O) groups excluding carboxylic acids is 1. The highest BCUT2D eigenvalue weighted by molar-refractivity contribution is 5.75. The molecule has 1 aliphatic carbocycles. The molecule has 7 nitrogen and oxygen atoms in total. The second-order valence-electron chi connectivity index (χ2n) is 7.04. The molecular weight excluding hydrogens is 308 g/mol. The van der Waals surface area contributed by atoms with Crippen LogP contribution in [0.1, 0.15) is 26.2 Å². The van der Waals surface area contributed by atoms with Crippen LogP contribution in [0.2, 0.25) is 0 Å². The van der Waals surface area contributed by atoms with Gasteiger partial charge in [-0.05, 0) is 25.8 Å². The lowest BCUT2D eigenvalue weighted by Crippen LogP contribution is -2.56. The van der Waals surface area contributed by atoms with Gasteiger partial charge in [0.1, 0.15) is 0 Å². The van der Waals surface area contributed by atoms with Crippen LogP contribution in [-0.2, 0) is 4.79 Å². The van der Waals surface area contributed by atoms with Crippen molar-refractivity contribution in [3.8, 4) is 0 Å². The molecule has 1 unspecified atom stereocenters. The lowest BCUT2D eigenvalue weighted by Gasteiger charge is -2.42. The van der Waals surface area contributed by atoms with E-state index in [0.717, 1.165) is 52.0 Å². The van der Waals surface area contributed by atoms with Crippen LogP contribution in [0, 0.1) is 0 Å². The van der Waals surface area contributed by atoms with Gasteiger partial charge in [0.25, 0.3) is 0 Å². The summed E-state index contributed by atoms with van der Waals surface area (Å²) < 4.78 is 0. The van der Waals surface area contributed by atoms with Crippen molar-refractivity contribution in [2.24, 2.45) is 0 Å². The summed E-state index contributed by atoms with van der Waals surface area (Å²) in [6, 6.07) is 0.969. The van der Waals surface area contributed by atoms with Gasteiger partial charge in [0, 0.05) is 44.3 Å². The molecule has 3 aliphatic rings. The van der Waals surface area contributed by atoms with Crippen molar-refractivity contribution in [1.82, 2.24) is 20.0 Å². The molecule has 1 saturated carbocycles. The highest BCUT2D eigenvalue weighted by Crippen LogP contribution is 2.26. The Bertz CT molecular complexity index is 496. The number of carboxylic acids is 1. The Balaban J connectivity index is 1.38. The molecule has 0 aromatic heterocycles. The first-order chi connectivity index (χ1) is 11.6. The normalized spacial score (nSPS) is 29.9. The minimum absolute atomic E-state index is 0.0365. The predicted molar refractivity (Wildman–Crippen MR) is 90.9 cm³/mol. The number of amides is 2. The Morgan fingerprint density at radius 3 is 2.62 bits per heavy atom. The van der Waals surface area contributed by atoms with Gasteiger partial charge in [0.2, 0.25) is 0 Å². The molecule has 0 aromatic carbocycles. The van der Waals surface area contributed by atoms with E-state index in [1.165, 1.54) is 0 Å². The SMILES string of the molecule is CCN(CC(=O)O)C1CC(NC(=O)N2CCC(N3CC=CC3)C2)C1. The molecule has 0 radical (unpaired) electrons. The van der Waals surface area contributed by atoms with E-state index in [1.54, 1.807) is 0 Å². The van der Waals surface area contributed by atoms with Crippen LogP contribution in [0.3, 0.4) is 0 Å². The minimum atomic E-state index is -0.788. The first-order valence-corrected chi connectivity index (χ1v) is 8.97. The number of carbonyl (C=O) groups is 2. The summed E-state index contributed by atoms with van der Waals surface area (Å²) in [7, 11) is 0. The molecule has 1 saturated heterocycles. The second kappa shape index (κ2) is 7.53. The highest BCUT2D eigenvalue weighted by Gasteiger charge is 2.37. The summed E-state index contributed by atoms with van der Waals surface area (Å²) in [6.07, 6.45) is 7.12. The topological polar surface area (TPSA) is 76.1 Å². The van der Waals surface area contributed by atoms with Crippen LogP contribution in [0.4, 0.5) is 4.79 Å². The van der Waals surface area contributed by atoms with Crippen LogP contribution in [0.15, 0.2) is 12.2 Å². The molecule has 0 spiro atoms. The molecule has 1 atom stereocenters. The third kappa shape index (κ3) is 3.89. The molecule has 2 heterocycles. The van der Waals surface area contributed by atoms with E-state index in [2.05, 4.69) is 22.4 Å². The number of nitrogens with one attached hydrogen (secondary N) is 1. The zero-order valence-electron chi connectivity index (χ0n) is 14.4. The molecule has 2 amide bonds. The van der Waals surface area contributed by atoms with Gasteiger partial charge in [-0.15, -0.1) is 0 Å². The van der Waals surface area contributed by atoms with Crippen molar-refractivity contribution in [2.45, 2.75) is 44.3 Å². The van der Waals surface area contributed by atoms with Gasteiger partial charge in [0.05, 0.1) is 6.54 Å². The number of aliphatic carboxylic acids is 1. The van der Waals surface area contributed by atoms with Gasteiger partial charge in [-0.3, -0.25) is 14.6 Å². The standard InChI is InChI=1S/C17H28N4O3/c1-2-19(12-16(22)23)15-9-13(10-15)18-17(24)21-8-5-14(11-21)20-6-3-4-7-20/h3-4,13-15H,2,5-12H2,1H3,(H,18,24)(H,22,23). The third-order valence-corrected chi connectivity index (χ3v) is 5.52. The van der Waals surface area contributed by atoms with Crippen molar-refractivity contribution >= 4 is 12.0 Å². The van der Waals surface area contributed by atoms with Gasteiger partial charge in [-0.25, -0.2) is 4.79 Å². The van der Waals surface area contributed by atoms with E-state index in [9.17, 15) is 9.59 Å². The molecule has 3 rings (SSSR count). The highest BCUT2D eigenvalue weighted by atomic mass is 16.4. The smallest absolute Gasteiger partial charge is 0.317 e. The summed E-state index contributed by atoms with van der Waals surface area (Å²) in [5, 5.41) is 12.0. The maximum atomic E-state index is 12.4. The van der Waals surface area contributed by atoms with Crippen LogP contribution >= 0.6 is 0 Å². The summed E-state index contributed by atoms with van der Waals surface area (Å²) in [4.78, 5) is 29.6. The maximum Gasteiger partial charge on any atom is 0.317 e. The lowest BCUT2D eigenvalue weighted by molar-refractivity contribution is -0.139. The lowest BCUT2D eigenvalue weighted by atomic mass is 9.85. The van der Waals surface area contributed by atoms with Gasteiger partial charge in [0.15, 0.2) is 0 Å². The monoisotopic (exact) mass is 336 g/mol. The number of nitrogens with zero attached hydrogens (tertiary/aromatic N) is 3. The van der Waals surface area contributed by atoms with E-state index in [0.29, 0.717) is 6.04 Å². The van der Waals surface area contributed by atoms with Crippen molar-refractivity contribution in [2.75, 3.05) is 39.3 Å². The van der Waals surface area contributed by atoms with Crippen molar-refractivity contribution in [3.63, 3.8) is 0 Å². The number of urea groups is 1. The summed E-state index contributed by atoms with van der Waals surface area (Å²) in [5.74, 6) is -0.788. The number of carboxylic acid groups (broad SMARTS) is 1. The Kier molecular flexibility index (Phi) is 5.40. The number of hydrogen-bond acceptors (Lipinski definition) is 4. The minimum Gasteiger partial charge on any atom is -0.480 e. The second-order valence-corrected chi connectivity index (χ2v) is 7.04. The summed E-state index contributed by atoms with van der Waals surface area (Å²) in [6.45, 7) is 6.43. The van der Waals surface area contributed by atoms with Crippen LogP contribution < -0.4 is 5.32 Å². The van der Waals surface area contributed by atoms with Gasteiger partial charge >= 0.3 is 12.0 Å². The van der Waals surface area contributed by atoms with Crippen molar-refractivity contribution in [3.05, 3.63) is 12.2 Å². The molecule has 7 heteroatoms. The van der Waals surface area contributed by atoms with E-state index >= 15 is 0 Å². The molecule has 0 bridgehead atoms. The van der Waals surface area contributed by atoms with E-state index < -0.39 is 5.97 Å². The molecule has 2 aliphatic heterocycles. The Hall–Kier alpha value is -1.60. The average molecular weight is 336 g/mol. The van der Waals surface area contributed by atoms with Gasteiger partial charge in [-0.1, -0.05) is 19.1 Å². The summed E-state index contributed by atoms with van der Waals surface area (Å²) >= 11 is 0. The predicted octanol–water partition coefficient (Wildman–Crippen LogP) is 0.580. The fraction of sp³-hybridized carbons (Fsp3) is 0.765. The van der Waals surface area contributed by atoms with Crippen molar-refractivity contribution in [1.29, 1.82) is 0 Å². The quantitative estimate of drug-likeness (QED) is 0.694. The molecule has 0 aromatic rings. The van der Waals surface area contributed by atoms with E-state index in [-0.39, 0.29) is 24.7 Å². The largest absolute Gasteiger partial charge is 0.480 e. The third-order valence-electron chi connectivity index (χ3n) is 5.52. The molecule has 24 heavy (non-hydrogen) atoms. The average Bonchev–Trinajstić information content (AvgIpc) is 3.18. The van der Waals surface area contributed by atoms with Gasteiger partial charge < -0.3 is 15.3 Å². The van der Waals surface area contributed by atoms with Crippen LogP contribution in [0.5, 0.6) is 0 Å². The summed E-state index contributed by atoms with van der Waals surface area (Å²) in [5.41, 5.74) is 0. The Labute approximate surface area is 143 Å². The number of likely N-dealkylation sites (tertiary alicyclic amines) is 1. The molecule has 2 fully saturated rings. The van der Waals surface area contributed by atoms with Crippen LogP contribution in [-0.4, -0.2) is 89.2 Å². The Morgan fingerprint density at radius 1 is 1.29 bits per heavy atom. The molecular formula is C17H28N4O3. The van der Waals surface area contributed by atoms with E-state index in [1.807, 2.05) is 16.7 Å². The number of likely N-dealkylation sites (N-methyl/N-ethyl adjacent to an activating group) is 1. The first kappa shape index (κ1) is 17.2. The number of rotatable bonds is 6. The maximum absolute atomic E-state index is 12.4. The fourth-order valence-electron chi connectivity index (χ4n) is 3.96. The molecule has 134 valence electrons. The zero-order chi connectivity index (χ0) is 17.1. The van der Waals surface area contributed by atoms with Gasteiger partial charge in [-0.2, -0.15) is 0 Å². The van der Waals surface area contributed by atoms with E-state index in [4.69, 9.17) is 5.11 Å². The molecule has 2 N–H and O–H groups in total. The van der Waals surface area contributed by atoms with Crippen molar-refractivity contribution < 1.29 is 14.7 Å². The number of hydrogen-bond donors (Lipinski definition) is 2. The fourth-order valence-corrected chi connectivity index (χ4v) is 3.96. The first-order valence-electron chi connectivity index (χ1n) is 8.97.